The molecule has 7 heteroatoms. The molecule has 0 unspecified atom stereocenters. The summed E-state index contributed by atoms with van der Waals surface area (Å²) in [4.78, 5) is 10.2. The van der Waals surface area contributed by atoms with Crippen LogP contribution in [-0.2, 0) is 10.0 Å². The Morgan fingerprint density at radius 2 is 1.68 bits per heavy atom. The third kappa shape index (κ3) is 2.80. The van der Waals surface area contributed by atoms with E-state index in [9.17, 15) is 18.5 Å². The molecule has 0 N–H and O–H groups in total. The van der Waals surface area contributed by atoms with Crippen LogP contribution >= 0.6 is 0 Å². The van der Waals surface area contributed by atoms with Crippen molar-refractivity contribution < 1.29 is 13.3 Å². The molecule has 2 aromatic carbocycles. The second-order valence-electron chi connectivity index (χ2n) is 4.97. The first-order chi connectivity index (χ1) is 10.2. The summed E-state index contributed by atoms with van der Waals surface area (Å²) >= 11 is 0. The Morgan fingerprint density at radius 3 is 2.27 bits per heavy atom. The number of para-hydroxylation sites is 1. The molecule has 22 heavy (non-hydrogen) atoms. The monoisotopic (exact) mass is 320 g/mol. The summed E-state index contributed by atoms with van der Waals surface area (Å²) in [6, 6.07) is 10.9. The van der Waals surface area contributed by atoms with Gasteiger partial charge in [0, 0.05) is 19.2 Å². The van der Waals surface area contributed by atoms with Gasteiger partial charge < -0.3 is 0 Å². The van der Waals surface area contributed by atoms with Crippen molar-refractivity contribution in [2.45, 2.75) is 18.7 Å². The van der Waals surface area contributed by atoms with E-state index in [1.807, 2.05) is 19.1 Å². The molecule has 0 atom stereocenters. The van der Waals surface area contributed by atoms with Crippen LogP contribution in [0.2, 0.25) is 0 Å². The molecule has 0 spiro atoms. The van der Waals surface area contributed by atoms with E-state index in [0.29, 0.717) is 11.3 Å². The number of nitro benzene ring substituents is 1. The van der Waals surface area contributed by atoms with E-state index in [-0.39, 0.29) is 10.6 Å². The number of aryl methyl sites for hydroxylation is 2. The van der Waals surface area contributed by atoms with E-state index in [1.165, 1.54) is 19.2 Å². The molecule has 2 rings (SSSR count). The molecule has 0 bridgehead atoms. The van der Waals surface area contributed by atoms with Gasteiger partial charge in [0.1, 0.15) is 0 Å². The molecule has 0 fully saturated rings. The van der Waals surface area contributed by atoms with Crippen molar-refractivity contribution >= 4 is 21.4 Å². The standard InChI is InChI=1S/C15H16N2O4S/c1-11-6-4-5-7-14(11)16(3)22(20,21)15-10-13(17(18)19)9-8-12(15)2/h4-10H,1-3H3. The second-order valence-corrected chi connectivity index (χ2v) is 6.90. The normalized spacial score (nSPS) is 11.2. The van der Waals surface area contributed by atoms with E-state index >= 15 is 0 Å². The van der Waals surface area contributed by atoms with Crippen LogP contribution in [0.3, 0.4) is 0 Å². The van der Waals surface area contributed by atoms with Crippen molar-refractivity contribution in [3.63, 3.8) is 0 Å². The Morgan fingerprint density at radius 1 is 1.05 bits per heavy atom. The van der Waals surface area contributed by atoms with Crippen molar-refractivity contribution in [2.24, 2.45) is 0 Å². The Kier molecular flexibility index (Phi) is 4.18. The zero-order valence-electron chi connectivity index (χ0n) is 12.5. The third-order valence-corrected chi connectivity index (χ3v) is 5.39. The van der Waals surface area contributed by atoms with Gasteiger partial charge >= 0.3 is 0 Å². The van der Waals surface area contributed by atoms with Crippen molar-refractivity contribution in [3.05, 3.63) is 63.7 Å². The molecule has 0 amide bonds. The molecular weight excluding hydrogens is 304 g/mol. The van der Waals surface area contributed by atoms with Gasteiger partial charge in [-0.15, -0.1) is 0 Å². The van der Waals surface area contributed by atoms with Gasteiger partial charge in [-0.2, -0.15) is 0 Å². The van der Waals surface area contributed by atoms with Crippen LogP contribution in [0.25, 0.3) is 0 Å². The lowest BCUT2D eigenvalue weighted by Crippen LogP contribution is -2.27. The van der Waals surface area contributed by atoms with Crippen molar-refractivity contribution in [3.8, 4) is 0 Å². The minimum Gasteiger partial charge on any atom is -0.269 e. The lowest BCUT2D eigenvalue weighted by molar-refractivity contribution is -0.385. The molecule has 0 radical (unpaired) electrons. The van der Waals surface area contributed by atoms with Crippen LogP contribution < -0.4 is 4.31 Å². The number of nitrogens with zero attached hydrogens (tertiary/aromatic N) is 2. The average molecular weight is 320 g/mol. The molecule has 0 aromatic heterocycles. The number of anilines is 1. The van der Waals surface area contributed by atoms with E-state index in [4.69, 9.17) is 0 Å². The van der Waals surface area contributed by atoms with Crippen LogP contribution in [0.4, 0.5) is 11.4 Å². The molecule has 0 aliphatic carbocycles. The first-order valence-corrected chi connectivity index (χ1v) is 7.99. The molecule has 0 aliphatic heterocycles. The van der Waals surface area contributed by atoms with Gasteiger partial charge in [-0.3, -0.25) is 14.4 Å². The van der Waals surface area contributed by atoms with Crippen molar-refractivity contribution in [2.75, 3.05) is 11.4 Å². The highest BCUT2D eigenvalue weighted by atomic mass is 32.2. The lowest BCUT2D eigenvalue weighted by atomic mass is 10.2. The van der Waals surface area contributed by atoms with Crippen LogP contribution in [-0.4, -0.2) is 20.4 Å². The summed E-state index contributed by atoms with van der Waals surface area (Å²) in [5, 5.41) is 10.9. The predicted octanol–water partition coefficient (Wildman–Crippen LogP) is 3.04. The number of nitro groups is 1. The number of hydrogen-bond acceptors (Lipinski definition) is 4. The maximum atomic E-state index is 12.8. The topological polar surface area (TPSA) is 80.5 Å². The van der Waals surface area contributed by atoms with Gasteiger partial charge in [0.25, 0.3) is 15.7 Å². The van der Waals surface area contributed by atoms with E-state index in [0.717, 1.165) is 15.9 Å². The summed E-state index contributed by atoms with van der Waals surface area (Å²) in [5.74, 6) is 0. The zero-order valence-corrected chi connectivity index (χ0v) is 13.3. The Hall–Kier alpha value is -2.41. The zero-order chi connectivity index (χ0) is 16.5. The Balaban J connectivity index is 2.58. The minimum atomic E-state index is -3.87. The third-order valence-electron chi connectivity index (χ3n) is 3.48. The predicted molar refractivity (Wildman–Crippen MR) is 84.6 cm³/mol. The highest BCUT2D eigenvalue weighted by Gasteiger charge is 2.26. The van der Waals surface area contributed by atoms with Crippen molar-refractivity contribution in [1.29, 1.82) is 0 Å². The fourth-order valence-electron chi connectivity index (χ4n) is 2.17. The highest BCUT2D eigenvalue weighted by molar-refractivity contribution is 7.92. The maximum Gasteiger partial charge on any atom is 0.270 e. The van der Waals surface area contributed by atoms with Crippen LogP contribution in [0.1, 0.15) is 11.1 Å². The van der Waals surface area contributed by atoms with Gasteiger partial charge in [0.05, 0.1) is 15.5 Å². The molecule has 2 aromatic rings. The average Bonchev–Trinajstić information content (AvgIpc) is 2.47. The summed E-state index contributed by atoms with van der Waals surface area (Å²) in [5.41, 5.74) is 1.55. The van der Waals surface area contributed by atoms with E-state index in [1.54, 1.807) is 19.1 Å². The van der Waals surface area contributed by atoms with E-state index < -0.39 is 14.9 Å². The number of non-ortho nitro benzene ring substituents is 1. The van der Waals surface area contributed by atoms with Gasteiger partial charge in [-0.25, -0.2) is 8.42 Å². The molecular formula is C15H16N2O4S. The number of benzene rings is 2. The summed E-state index contributed by atoms with van der Waals surface area (Å²) < 4.78 is 26.7. The SMILES string of the molecule is Cc1ccccc1N(C)S(=O)(=O)c1cc([N+](=O)[O-])ccc1C. The lowest BCUT2D eigenvalue weighted by Gasteiger charge is -2.22. The molecule has 6 nitrogen and oxygen atoms in total. The Labute approximate surface area is 129 Å². The summed E-state index contributed by atoms with van der Waals surface area (Å²) in [6.07, 6.45) is 0. The quantitative estimate of drug-likeness (QED) is 0.640. The molecule has 116 valence electrons. The highest BCUT2D eigenvalue weighted by Crippen LogP contribution is 2.28. The maximum absolute atomic E-state index is 12.8. The minimum absolute atomic E-state index is 0.0625. The van der Waals surface area contributed by atoms with Crippen LogP contribution in [0.5, 0.6) is 0 Å². The first-order valence-electron chi connectivity index (χ1n) is 6.54. The number of sulfonamides is 1. The Bertz CT molecular complexity index is 831. The summed E-state index contributed by atoms with van der Waals surface area (Å²) in [6.45, 7) is 3.42. The molecule has 0 aliphatic rings. The largest absolute Gasteiger partial charge is 0.270 e. The van der Waals surface area contributed by atoms with E-state index in [2.05, 4.69) is 0 Å². The number of hydrogen-bond donors (Lipinski definition) is 0. The first kappa shape index (κ1) is 16.0. The van der Waals surface area contributed by atoms with Gasteiger partial charge in [0.2, 0.25) is 0 Å². The van der Waals surface area contributed by atoms with Crippen LogP contribution in [0, 0.1) is 24.0 Å². The molecule has 0 heterocycles. The number of rotatable bonds is 4. The second kappa shape index (κ2) is 5.76. The van der Waals surface area contributed by atoms with Crippen LogP contribution in [0.15, 0.2) is 47.4 Å². The molecule has 0 saturated heterocycles. The van der Waals surface area contributed by atoms with Crippen molar-refractivity contribution in [1.82, 2.24) is 0 Å². The van der Waals surface area contributed by atoms with Gasteiger partial charge in [-0.05, 0) is 31.0 Å². The fourth-order valence-corrected chi connectivity index (χ4v) is 3.68. The summed E-state index contributed by atoms with van der Waals surface area (Å²) in [7, 11) is -2.43. The van der Waals surface area contributed by atoms with Gasteiger partial charge in [-0.1, -0.05) is 24.3 Å². The molecule has 0 saturated carbocycles. The smallest absolute Gasteiger partial charge is 0.269 e. The fraction of sp³-hybridized carbons (Fsp3) is 0.200. The van der Waals surface area contributed by atoms with Gasteiger partial charge in [0.15, 0.2) is 0 Å².